The fourth-order valence-corrected chi connectivity index (χ4v) is 4.44. The van der Waals surface area contributed by atoms with E-state index in [1.807, 2.05) is 54.7 Å². The Hall–Kier alpha value is -1.37. The molecule has 0 aliphatic heterocycles. The Balaban J connectivity index is 2.13. The molecular formula is C19H23ClNOP. The van der Waals surface area contributed by atoms with E-state index in [-0.39, 0.29) is 0 Å². The van der Waals surface area contributed by atoms with Crippen molar-refractivity contribution < 1.29 is 4.52 Å². The van der Waals surface area contributed by atoms with Crippen molar-refractivity contribution in [2.45, 2.75) is 39.0 Å². The molecule has 0 heterocycles. The highest BCUT2D eigenvalue weighted by Gasteiger charge is 2.19. The maximum absolute atomic E-state index is 6.23. The average molecular weight is 348 g/mol. The van der Waals surface area contributed by atoms with E-state index >= 15 is 0 Å². The normalized spacial score (nSPS) is 11.8. The minimum Gasteiger partial charge on any atom is -0.474 e. The Morgan fingerprint density at radius 2 is 1.70 bits per heavy atom. The summed E-state index contributed by atoms with van der Waals surface area (Å²) in [5.74, 6) is 0.911. The number of hydrogen-bond donors (Lipinski definition) is 0. The van der Waals surface area contributed by atoms with Crippen LogP contribution in [0.25, 0.3) is 0 Å². The first-order valence-corrected chi connectivity index (χ1v) is 9.59. The molecule has 0 saturated carbocycles. The lowest BCUT2D eigenvalue weighted by molar-refractivity contribution is 0.592. The molecule has 23 heavy (non-hydrogen) atoms. The number of benzene rings is 2. The smallest absolute Gasteiger partial charge is 0.123 e. The minimum absolute atomic E-state index is 0.487. The predicted octanol–water partition coefficient (Wildman–Crippen LogP) is 6.68. The molecule has 2 aromatic carbocycles. The molecule has 0 atom stereocenters. The van der Waals surface area contributed by atoms with E-state index in [9.17, 15) is 0 Å². The Kier molecular flexibility index (Phi) is 6.62. The fourth-order valence-electron chi connectivity index (χ4n) is 2.29. The highest BCUT2D eigenvalue weighted by Crippen LogP contribution is 2.47. The van der Waals surface area contributed by atoms with E-state index in [0.717, 1.165) is 17.0 Å². The molecule has 0 fully saturated rings. The van der Waals surface area contributed by atoms with Gasteiger partial charge in [0, 0.05) is 22.6 Å². The summed E-state index contributed by atoms with van der Waals surface area (Å²) < 4.78 is 6.23. The van der Waals surface area contributed by atoms with Gasteiger partial charge in [0.05, 0.1) is 13.8 Å². The molecule has 0 aliphatic rings. The summed E-state index contributed by atoms with van der Waals surface area (Å²) in [4.78, 5) is 4.47. The fraction of sp³-hybridized carbons (Fsp3) is 0.316. The van der Waals surface area contributed by atoms with Crippen molar-refractivity contribution in [2.24, 2.45) is 4.99 Å². The lowest BCUT2D eigenvalue weighted by Gasteiger charge is -2.25. The number of halogens is 1. The highest BCUT2D eigenvalue weighted by atomic mass is 35.5. The standard InChI is InChI=1S/C19H23ClNOP/c1-14(2)23(15(3)4)22-19-10-5-7-16(11-19)13-21-18-9-6-8-17(20)12-18/h5-15H,1-4H3. The average Bonchev–Trinajstić information content (AvgIpc) is 2.50. The molecule has 0 radical (unpaired) electrons. The van der Waals surface area contributed by atoms with E-state index in [2.05, 4.69) is 32.7 Å². The van der Waals surface area contributed by atoms with E-state index < -0.39 is 8.15 Å². The Morgan fingerprint density at radius 1 is 1.00 bits per heavy atom. The van der Waals surface area contributed by atoms with Crippen LogP contribution in [0.1, 0.15) is 33.3 Å². The monoisotopic (exact) mass is 347 g/mol. The van der Waals surface area contributed by atoms with Crippen molar-refractivity contribution in [1.82, 2.24) is 0 Å². The van der Waals surface area contributed by atoms with Gasteiger partial charge in [-0.05, 0) is 35.9 Å². The van der Waals surface area contributed by atoms with Gasteiger partial charge in [-0.15, -0.1) is 0 Å². The second-order valence-electron chi connectivity index (χ2n) is 5.95. The molecule has 0 amide bonds. The van der Waals surface area contributed by atoms with Crippen LogP contribution in [0.15, 0.2) is 53.5 Å². The summed E-state index contributed by atoms with van der Waals surface area (Å²) in [6.45, 7) is 8.87. The third kappa shape index (κ3) is 5.64. The Morgan fingerprint density at radius 3 is 2.35 bits per heavy atom. The van der Waals surface area contributed by atoms with Crippen LogP contribution in [0, 0.1) is 0 Å². The Bertz CT molecular complexity index is 662. The van der Waals surface area contributed by atoms with E-state index in [1.54, 1.807) is 0 Å². The molecule has 2 aromatic rings. The zero-order valence-corrected chi connectivity index (χ0v) is 15.7. The summed E-state index contributed by atoms with van der Waals surface area (Å²) in [6, 6.07) is 15.6. The predicted molar refractivity (Wildman–Crippen MR) is 103 cm³/mol. The summed E-state index contributed by atoms with van der Waals surface area (Å²) in [6.07, 6.45) is 1.84. The zero-order valence-electron chi connectivity index (χ0n) is 14.0. The number of hydrogen-bond acceptors (Lipinski definition) is 2. The third-order valence-electron chi connectivity index (χ3n) is 3.26. The van der Waals surface area contributed by atoms with Gasteiger partial charge in [-0.25, -0.2) is 0 Å². The summed E-state index contributed by atoms with van der Waals surface area (Å²) >= 11 is 5.98. The van der Waals surface area contributed by atoms with E-state index in [4.69, 9.17) is 16.1 Å². The summed E-state index contributed by atoms with van der Waals surface area (Å²) in [5, 5.41) is 0.691. The van der Waals surface area contributed by atoms with Gasteiger partial charge in [0.25, 0.3) is 0 Å². The minimum atomic E-state index is -0.487. The molecule has 0 N–H and O–H groups in total. The SMILES string of the molecule is CC(C)P(Oc1cccc(C=Nc2cccc(Cl)c2)c1)C(C)C. The van der Waals surface area contributed by atoms with Crippen molar-refractivity contribution >= 4 is 31.7 Å². The van der Waals surface area contributed by atoms with Gasteiger partial charge in [-0.1, -0.05) is 57.5 Å². The van der Waals surface area contributed by atoms with Crippen LogP contribution in [-0.4, -0.2) is 17.5 Å². The first-order chi connectivity index (χ1) is 11.0. The second-order valence-corrected chi connectivity index (χ2v) is 9.35. The molecular weight excluding hydrogens is 325 g/mol. The molecule has 122 valence electrons. The van der Waals surface area contributed by atoms with Gasteiger partial charge in [0.1, 0.15) is 5.75 Å². The molecule has 0 unspecified atom stereocenters. The second kappa shape index (κ2) is 8.47. The van der Waals surface area contributed by atoms with Gasteiger partial charge < -0.3 is 4.52 Å². The maximum Gasteiger partial charge on any atom is 0.123 e. The number of nitrogens with zero attached hydrogens (tertiary/aromatic N) is 1. The molecule has 0 spiro atoms. The third-order valence-corrected chi connectivity index (χ3v) is 5.95. The van der Waals surface area contributed by atoms with Gasteiger partial charge in [0.15, 0.2) is 0 Å². The molecule has 2 nitrogen and oxygen atoms in total. The van der Waals surface area contributed by atoms with E-state index in [1.165, 1.54) is 0 Å². The van der Waals surface area contributed by atoms with Crippen molar-refractivity contribution in [3.8, 4) is 5.75 Å². The summed E-state index contributed by atoms with van der Waals surface area (Å²) in [5.41, 5.74) is 2.93. The number of rotatable bonds is 6. The van der Waals surface area contributed by atoms with Gasteiger partial charge in [-0.3, -0.25) is 4.99 Å². The van der Waals surface area contributed by atoms with Gasteiger partial charge >= 0.3 is 0 Å². The number of aliphatic imine (C=N–C) groups is 1. The zero-order chi connectivity index (χ0) is 16.8. The lowest BCUT2D eigenvalue weighted by Crippen LogP contribution is -2.08. The van der Waals surface area contributed by atoms with Crippen molar-refractivity contribution in [2.75, 3.05) is 0 Å². The van der Waals surface area contributed by atoms with Crippen molar-refractivity contribution in [3.63, 3.8) is 0 Å². The molecule has 0 aliphatic carbocycles. The lowest BCUT2D eigenvalue weighted by atomic mass is 10.2. The largest absolute Gasteiger partial charge is 0.474 e. The first kappa shape index (κ1) is 18.0. The highest BCUT2D eigenvalue weighted by molar-refractivity contribution is 7.54. The molecule has 2 rings (SSSR count). The van der Waals surface area contributed by atoms with E-state index in [0.29, 0.717) is 16.3 Å². The molecule has 0 aromatic heterocycles. The quantitative estimate of drug-likeness (QED) is 0.421. The van der Waals surface area contributed by atoms with Crippen LogP contribution < -0.4 is 4.52 Å². The van der Waals surface area contributed by atoms with Crippen LogP contribution in [-0.2, 0) is 0 Å². The maximum atomic E-state index is 6.23. The van der Waals surface area contributed by atoms with Crippen LogP contribution >= 0.6 is 19.7 Å². The van der Waals surface area contributed by atoms with Gasteiger partial charge in [-0.2, -0.15) is 0 Å². The molecule has 0 bridgehead atoms. The van der Waals surface area contributed by atoms with Crippen LogP contribution in [0.5, 0.6) is 5.75 Å². The first-order valence-electron chi connectivity index (χ1n) is 7.81. The van der Waals surface area contributed by atoms with Crippen LogP contribution in [0.2, 0.25) is 5.02 Å². The topological polar surface area (TPSA) is 21.6 Å². The van der Waals surface area contributed by atoms with Crippen LogP contribution in [0.4, 0.5) is 5.69 Å². The van der Waals surface area contributed by atoms with Crippen molar-refractivity contribution in [1.29, 1.82) is 0 Å². The molecule has 0 saturated heterocycles. The van der Waals surface area contributed by atoms with Crippen molar-refractivity contribution in [3.05, 3.63) is 59.1 Å². The molecule has 4 heteroatoms. The van der Waals surface area contributed by atoms with Gasteiger partial charge in [0.2, 0.25) is 0 Å². The van der Waals surface area contributed by atoms with Crippen LogP contribution in [0.3, 0.4) is 0 Å². The Labute approximate surface area is 145 Å². The summed E-state index contributed by atoms with van der Waals surface area (Å²) in [7, 11) is -0.487.